The van der Waals surface area contributed by atoms with Gasteiger partial charge in [0.25, 0.3) is 0 Å². The molecule has 21 heavy (non-hydrogen) atoms. The summed E-state index contributed by atoms with van der Waals surface area (Å²) < 4.78 is 7.27. The van der Waals surface area contributed by atoms with Gasteiger partial charge in [0.1, 0.15) is 12.1 Å². The highest BCUT2D eigenvalue weighted by atomic mass is 127. The van der Waals surface area contributed by atoms with Gasteiger partial charge in [0.2, 0.25) is 0 Å². The van der Waals surface area contributed by atoms with Gasteiger partial charge in [-0.05, 0) is 18.9 Å². The number of esters is 1. The van der Waals surface area contributed by atoms with Crippen LogP contribution in [0, 0.1) is 0 Å². The molecule has 0 N–H and O–H groups in total. The summed E-state index contributed by atoms with van der Waals surface area (Å²) in [5.74, 6) is -0.256. The average molecular weight is 397 g/mol. The number of rotatable bonds is 5. The predicted molar refractivity (Wildman–Crippen MR) is 78.3 cm³/mol. The van der Waals surface area contributed by atoms with Gasteiger partial charge < -0.3 is 28.7 Å². The Morgan fingerprint density at radius 2 is 1.86 bits per heavy atom. The van der Waals surface area contributed by atoms with E-state index in [1.54, 1.807) is 0 Å². The molecule has 0 unspecified atom stereocenters. The molecule has 0 saturated heterocycles. The van der Waals surface area contributed by atoms with E-state index in [9.17, 15) is 4.79 Å². The van der Waals surface area contributed by atoms with Gasteiger partial charge in [-0.15, -0.1) is 0 Å². The van der Waals surface area contributed by atoms with Crippen molar-refractivity contribution in [3.8, 4) is 11.1 Å². The number of aromatic nitrogens is 1. The van der Waals surface area contributed by atoms with E-state index in [2.05, 4.69) is 0 Å². The number of hydrogen-bond donors (Lipinski definition) is 0. The highest BCUT2D eigenvalue weighted by molar-refractivity contribution is 5.96. The van der Waals surface area contributed by atoms with Crippen LogP contribution in [0.3, 0.4) is 0 Å². The zero-order chi connectivity index (χ0) is 14.4. The van der Waals surface area contributed by atoms with Gasteiger partial charge in [-0.3, -0.25) is 0 Å². The number of hydrogen-bond acceptors (Lipinski definition) is 2. The molecule has 2 aromatic rings. The van der Waals surface area contributed by atoms with Crippen LogP contribution in [0.2, 0.25) is 0 Å². The first-order valence-electron chi connectivity index (χ1n) is 7.02. The fourth-order valence-corrected chi connectivity index (χ4v) is 2.04. The average Bonchev–Trinajstić information content (AvgIpc) is 2.52. The SMILES string of the molecule is CCCOC(=O)c1c[n+](CC)ccc1-c1ccccc1.[I-]. The Kier molecular flexibility index (Phi) is 7.36. The first-order valence-corrected chi connectivity index (χ1v) is 7.02. The van der Waals surface area contributed by atoms with Crippen LogP contribution in [0.15, 0.2) is 48.8 Å². The molecule has 0 aliphatic rings. The summed E-state index contributed by atoms with van der Waals surface area (Å²) in [5.41, 5.74) is 2.56. The summed E-state index contributed by atoms with van der Waals surface area (Å²) in [6.07, 6.45) is 4.67. The maximum atomic E-state index is 12.2. The maximum absolute atomic E-state index is 12.2. The Balaban J connectivity index is 0.00000220. The number of aryl methyl sites for hydroxylation is 1. The lowest BCUT2D eigenvalue weighted by atomic mass is 10.0. The fourth-order valence-electron chi connectivity index (χ4n) is 2.04. The van der Waals surface area contributed by atoms with Crippen LogP contribution in [-0.2, 0) is 11.3 Å². The molecule has 0 atom stereocenters. The molecule has 0 amide bonds. The Labute approximate surface area is 143 Å². The van der Waals surface area contributed by atoms with E-state index in [0.29, 0.717) is 12.2 Å². The lowest BCUT2D eigenvalue weighted by molar-refractivity contribution is -0.693. The van der Waals surface area contributed by atoms with E-state index >= 15 is 0 Å². The molecule has 3 nitrogen and oxygen atoms in total. The molecule has 1 aromatic carbocycles. The van der Waals surface area contributed by atoms with Crippen LogP contribution >= 0.6 is 0 Å². The molecular formula is C17H20INO2. The first kappa shape index (κ1) is 17.6. The van der Waals surface area contributed by atoms with Crippen LogP contribution in [-0.4, -0.2) is 12.6 Å². The number of carbonyl (C=O) groups is 1. The molecule has 0 aliphatic heterocycles. The van der Waals surface area contributed by atoms with Gasteiger partial charge in [-0.2, -0.15) is 0 Å². The fraction of sp³-hybridized carbons (Fsp3) is 0.294. The second kappa shape index (κ2) is 8.77. The summed E-state index contributed by atoms with van der Waals surface area (Å²) >= 11 is 0. The lowest BCUT2D eigenvalue weighted by Crippen LogP contribution is -3.00. The first-order chi connectivity index (χ1) is 9.76. The highest BCUT2D eigenvalue weighted by Crippen LogP contribution is 2.22. The Hall–Kier alpha value is -1.43. The summed E-state index contributed by atoms with van der Waals surface area (Å²) in [4.78, 5) is 12.2. The van der Waals surface area contributed by atoms with E-state index in [4.69, 9.17) is 4.74 Å². The van der Waals surface area contributed by atoms with E-state index in [0.717, 1.165) is 24.1 Å². The normalized spacial score (nSPS) is 9.81. The third kappa shape index (κ3) is 4.52. The molecule has 4 heteroatoms. The summed E-state index contributed by atoms with van der Waals surface area (Å²) in [7, 11) is 0. The van der Waals surface area contributed by atoms with Crippen molar-refractivity contribution in [1.82, 2.24) is 0 Å². The van der Waals surface area contributed by atoms with Crippen molar-refractivity contribution >= 4 is 5.97 Å². The minimum atomic E-state index is -0.256. The van der Waals surface area contributed by atoms with Gasteiger partial charge in [-0.1, -0.05) is 37.3 Å². The minimum Gasteiger partial charge on any atom is -1.00 e. The lowest BCUT2D eigenvalue weighted by Gasteiger charge is -2.08. The molecule has 1 heterocycles. The van der Waals surface area contributed by atoms with Crippen molar-refractivity contribution in [3.63, 3.8) is 0 Å². The Morgan fingerprint density at radius 1 is 1.14 bits per heavy atom. The van der Waals surface area contributed by atoms with Crippen molar-refractivity contribution in [2.24, 2.45) is 0 Å². The van der Waals surface area contributed by atoms with Crippen LogP contribution in [0.25, 0.3) is 11.1 Å². The number of pyridine rings is 1. The van der Waals surface area contributed by atoms with E-state index < -0.39 is 0 Å². The zero-order valence-corrected chi connectivity index (χ0v) is 14.5. The Bertz CT molecular complexity index is 585. The second-order valence-electron chi connectivity index (χ2n) is 4.60. The number of benzene rings is 1. The number of nitrogens with zero attached hydrogens (tertiary/aromatic N) is 1. The monoisotopic (exact) mass is 397 g/mol. The number of halogens is 1. The summed E-state index contributed by atoms with van der Waals surface area (Å²) in [6, 6.07) is 11.9. The van der Waals surface area contributed by atoms with Crippen molar-refractivity contribution in [2.75, 3.05) is 6.61 Å². The van der Waals surface area contributed by atoms with E-state index in [1.807, 2.05) is 67.2 Å². The molecule has 0 spiro atoms. The number of carbonyl (C=O) groups excluding carboxylic acids is 1. The minimum absolute atomic E-state index is 0. The zero-order valence-electron chi connectivity index (χ0n) is 12.4. The van der Waals surface area contributed by atoms with Gasteiger partial charge >= 0.3 is 5.97 Å². The molecule has 0 fully saturated rings. The third-order valence-corrected chi connectivity index (χ3v) is 3.12. The van der Waals surface area contributed by atoms with Crippen molar-refractivity contribution in [3.05, 3.63) is 54.4 Å². The van der Waals surface area contributed by atoms with Gasteiger partial charge in [-0.25, -0.2) is 9.36 Å². The molecule has 0 radical (unpaired) electrons. The largest absolute Gasteiger partial charge is 1.00 e. The topological polar surface area (TPSA) is 30.2 Å². The molecule has 0 aliphatic carbocycles. The molecule has 0 saturated carbocycles. The molecular weight excluding hydrogens is 377 g/mol. The van der Waals surface area contributed by atoms with E-state index in [-0.39, 0.29) is 29.9 Å². The summed E-state index contributed by atoms with van der Waals surface area (Å²) in [6.45, 7) is 5.31. The summed E-state index contributed by atoms with van der Waals surface area (Å²) in [5, 5.41) is 0. The molecule has 112 valence electrons. The molecule has 2 rings (SSSR count). The number of ether oxygens (including phenoxy) is 1. The standard InChI is InChI=1S/C17H20NO2.HI/c1-3-12-20-17(19)16-13-18(4-2)11-10-15(16)14-8-6-5-7-9-14;/h5-11,13H,3-4,12H2,1-2H3;1H/q+1;/p-1. The molecule has 1 aromatic heterocycles. The quantitative estimate of drug-likeness (QED) is 0.411. The van der Waals surface area contributed by atoms with Crippen LogP contribution < -0.4 is 28.5 Å². The van der Waals surface area contributed by atoms with E-state index in [1.165, 1.54) is 0 Å². The van der Waals surface area contributed by atoms with Crippen LogP contribution in [0.4, 0.5) is 0 Å². The van der Waals surface area contributed by atoms with Crippen molar-refractivity contribution < 1.29 is 38.1 Å². The smallest absolute Gasteiger partial charge is 0.344 e. The third-order valence-electron chi connectivity index (χ3n) is 3.12. The highest BCUT2D eigenvalue weighted by Gasteiger charge is 2.18. The van der Waals surface area contributed by atoms with Gasteiger partial charge in [0.05, 0.1) is 6.61 Å². The van der Waals surface area contributed by atoms with Crippen molar-refractivity contribution in [1.29, 1.82) is 0 Å². The van der Waals surface area contributed by atoms with Crippen LogP contribution in [0.5, 0.6) is 0 Å². The predicted octanol–water partition coefficient (Wildman–Crippen LogP) is 0.232. The van der Waals surface area contributed by atoms with Gasteiger partial charge in [0.15, 0.2) is 12.4 Å². The van der Waals surface area contributed by atoms with Crippen molar-refractivity contribution in [2.45, 2.75) is 26.8 Å². The van der Waals surface area contributed by atoms with Crippen LogP contribution in [0.1, 0.15) is 30.6 Å². The maximum Gasteiger partial charge on any atom is 0.344 e. The molecule has 0 bridgehead atoms. The second-order valence-corrected chi connectivity index (χ2v) is 4.60. The van der Waals surface area contributed by atoms with Gasteiger partial charge in [0, 0.05) is 11.6 Å². The Morgan fingerprint density at radius 3 is 2.48 bits per heavy atom.